The van der Waals surface area contributed by atoms with Crippen LogP contribution in [-0.4, -0.2) is 18.6 Å². The van der Waals surface area contributed by atoms with Gasteiger partial charge in [-0.25, -0.2) is 0 Å². The zero-order valence-electron chi connectivity index (χ0n) is 10.0. The fourth-order valence-electron chi connectivity index (χ4n) is 1.24. The number of carbonyl (C=O) groups is 1. The van der Waals surface area contributed by atoms with E-state index in [1.807, 2.05) is 13.8 Å². The van der Waals surface area contributed by atoms with E-state index in [9.17, 15) is 4.79 Å². The molecule has 0 bridgehead atoms. The van der Waals surface area contributed by atoms with Gasteiger partial charge in [-0.3, -0.25) is 4.79 Å². The molecule has 0 spiro atoms. The molecule has 1 N–H and O–H groups in total. The summed E-state index contributed by atoms with van der Waals surface area (Å²) in [4.78, 5) is 11.8. The molecule has 0 saturated carbocycles. The fraction of sp³-hybridized carbons (Fsp3) is 0.417. The van der Waals surface area contributed by atoms with Crippen LogP contribution in [0.4, 0.5) is 5.69 Å². The van der Waals surface area contributed by atoms with Crippen molar-refractivity contribution in [2.45, 2.75) is 25.9 Å². The zero-order chi connectivity index (χ0) is 13.1. The van der Waals surface area contributed by atoms with E-state index in [4.69, 9.17) is 16.3 Å². The van der Waals surface area contributed by atoms with Crippen LogP contribution < -0.4 is 5.32 Å². The summed E-state index contributed by atoms with van der Waals surface area (Å²) in [5.41, 5.74) is 0.314. The number of halogens is 2. The highest BCUT2D eigenvalue weighted by Gasteiger charge is 2.21. The summed E-state index contributed by atoms with van der Waals surface area (Å²) < 4.78 is 6.13. The van der Waals surface area contributed by atoms with Gasteiger partial charge in [-0.2, -0.15) is 0 Å². The predicted octanol–water partition coefficient (Wildman–Crippen LogP) is 3.70. The van der Waals surface area contributed by atoms with Crippen LogP contribution >= 0.6 is 34.2 Å². The van der Waals surface area contributed by atoms with Crippen LogP contribution in [0, 0.1) is 3.57 Å². The fourth-order valence-corrected chi connectivity index (χ4v) is 2.25. The number of methoxy groups -OCH3 is 1. The van der Waals surface area contributed by atoms with Gasteiger partial charge in [0.25, 0.3) is 0 Å². The predicted molar refractivity (Wildman–Crippen MR) is 78.5 cm³/mol. The molecule has 0 aromatic heterocycles. The van der Waals surface area contributed by atoms with Crippen molar-refractivity contribution >= 4 is 45.8 Å². The first-order valence-electron chi connectivity index (χ1n) is 5.14. The molecule has 0 radical (unpaired) electrons. The van der Waals surface area contributed by atoms with Crippen LogP contribution in [0.2, 0.25) is 5.02 Å². The maximum Gasteiger partial charge on any atom is 0.227 e. The third kappa shape index (κ3) is 4.81. The summed E-state index contributed by atoms with van der Waals surface area (Å²) in [5, 5.41) is 3.50. The quantitative estimate of drug-likeness (QED) is 0.824. The largest absolute Gasteiger partial charge is 0.378 e. The Labute approximate surface area is 120 Å². The average Bonchev–Trinajstić information content (AvgIpc) is 2.21. The first-order chi connectivity index (χ1) is 7.84. The Morgan fingerprint density at radius 1 is 1.53 bits per heavy atom. The van der Waals surface area contributed by atoms with E-state index in [1.54, 1.807) is 25.3 Å². The van der Waals surface area contributed by atoms with Gasteiger partial charge in [-0.05, 0) is 54.6 Å². The van der Waals surface area contributed by atoms with Gasteiger partial charge in [0, 0.05) is 15.7 Å². The number of nitrogens with one attached hydrogen (secondary N) is 1. The first-order valence-corrected chi connectivity index (χ1v) is 6.60. The third-order valence-corrected chi connectivity index (χ3v) is 3.47. The van der Waals surface area contributed by atoms with Gasteiger partial charge < -0.3 is 10.1 Å². The summed E-state index contributed by atoms with van der Waals surface area (Å²) in [6.07, 6.45) is 0.308. The minimum atomic E-state index is -0.456. The van der Waals surface area contributed by atoms with E-state index in [1.165, 1.54) is 0 Å². The molecule has 1 rings (SSSR count). The third-order valence-electron chi connectivity index (χ3n) is 2.34. The Balaban J connectivity index is 2.69. The molecule has 0 aliphatic carbocycles. The van der Waals surface area contributed by atoms with Gasteiger partial charge in [0.1, 0.15) is 0 Å². The minimum absolute atomic E-state index is 0.0721. The van der Waals surface area contributed by atoms with Gasteiger partial charge in [-0.15, -0.1) is 0 Å². The highest BCUT2D eigenvalue weighted by atomic mass is 127. The molecule has 0 saturated heterocycles. The van der Waals surface area contributed by atoms with Gasteiger partial charge in [0.2, 0.25) is 5.91 Å². The summed E-state index contributed by atoms with van der Waals surface area (Å²) in [6.45, 7) is 3.75. The monoisotopic (exact) mass is 367 g/mol. The lowest BCUT2D eigenvalue weighted by Crippen LogP contribution is -2.29. The molecule has 0 aliphatic heterocycles. The molecular formula is C12H15ClINO2. The number of ether oxygens (including phenoxy) is 1. The number of carbonyl (C=O) groups excluding carboxylic acids is 1. The van der Waals surface area contributed by atoms with Crippen molar-refractivity contribution in [3.8, 4) is 0 Å². The summed E-state index contributed by atoms with van der Waals surface area (Å²) in [7, 11) is 1.60. The first kappa shape index (κ1) is 14.7. The van der Waals surface area contributed by atoms with Crippen LogP contribution in [0.1, 0.15) is 20.3 Å². The lowest BCUT2D eigenvalue weighted by Gasteiger charge is -2.22. The van der Waals surface area contributed by atoms with Gasteiger partial charge >= 0.3 is 0 Å². The van der Waals surface area contributed by atoms with Crippen molar-refractivity contribution in [3.05, 3.63) is 26.8 Å². The van der Waals surface area contributed by atoms with Gasteiger partial charge in [0.05, 0.1) is 17.7 Å². The molecule has 0 heterocycles. The van der Waals surface area contributed by atoms with Crippen molar-refractivity contribution in [2.24, 2.45) is 0 Å². The van der Waals surface area contributed by atoms with Crippen LogP contribution in [-0.2, 0) is 9.53 Å². The second-order valence-corrected chi connectivity index (χ2v) is 5.91. The summed E-state index contributed by atoms with van der Waals surface area (Å²) in [5.74, 6) is -0.0721. The Bertz CT molecular complexity index is 421. The van der Waals surface area contributed by atoms with E-state index in [2.05, 4.69) is 27.9 Å². The highest BCUT2D eigenvalue weighted by molar-refractivity contribution is 14.1. The number of amides is 1. The SMILES string of the molecule is COC(C)(C)CC(=O)Nc1ccc(Cl)cc1I. The second kappa shape index (κ2) is 6.02. The van der Waals surface area contributed by atoms with Crippen molar-refractivity contribution < 1.29 is 9.53 Å². The molecule has 0 unspecified atom stereocenters. The summed E-state index contributed by atoms with van der Waals surface area (Å²) in [6, 6.07) is 5.35. The van der Waals surface area contributed by atoms with Crippen LogP contribution in [0.5, 0.6) is 0 Å². The summed E-state index contributed by atoms with van der Waals surface area (Å²) >= 11 is 7.98. The molecule has 1 aromatic carbocycles. The zero-order valence-corrected chi connectivity index (χ0v) is 12.9. The number of hydrogen-bond donors (Lipinski definition) is 1. The lowest BCUT2D eigenvalue weighted by molar-refractivity contribution is -0.121. The minimum Gasteiger partial charge on any atom is -0.378 e. The standard InChI is InChI=1S/C12H15ClINO2/c1-12(2,17-3)7-11(16)15-10-5-4-8(13)6-9(10)14/h4-6H,7H2,1-3H3,(H,15,16). The highest BCUT2D eigenvalue weighted by Crippen LogP contribution is 2.23. The number of anilines is 1. The van der Waals surface area contributed by atoms with E-state index < -0.39 is 5.60 Å². The second-order valence-electron chi connectivity index (χ2n) is 4.31. The molecule has 3 nitrogen and oxygen atoms in total. The molecule has 94 valence electrons. The molecule has 17 heavy (non-hydrogen) atoms. The van der Waals surface area contributed by atoms with Crippen molar-refractivity contribution in [1.29, 1.82) is 0 Å². The maximum atomic E-state index is 11.8. The molecule has 0 aliphatic rings. The van der Waals surface area contributed by atoms with Crippen LogP contribution in [0.3, 0.4) is 0 Å². The Morgan fingerprint density at radius 3 is 2.71 bits per heavy atom. The maximum absolute atomic E-state index is 11.8. The lowest BCUT2D eigenvalue weighted by atomic mass is 10.0. The molecule has 1 aromatic rings. The molecule has 5 heteroatoms. The van der Waals surface area contributed by atoms with Crippen molar-refractivity contribution in [1.82, 2.24) is 0 Å². The molecule has 1 amide bonds. The van der Waals surface area contributed by atoms with Gasteiger partial charge in [-0.1, -0.05) is 11.6 Å². The van der Waals surface area contributed by atoms with E-state index in [0.29, 0.717) is 11.4 Å². The Hall–Kier alpha value is -0.330. The Morgan fingerprint density at radius 2 is 2.18 bits per heavy atom. The molecular weight excluding hydrogens is 352 g/mol. The van der Waals surface area contributed by atoms with Crippen molar-refractivity contribution in [2.75, 3.05) is 12.4 Å². The average molecular weight is 368 g/mol. The number of hydrogen-bond acceptors (Lipinski definition) is 2. The number of benzene rings is 1. The number of rotatable bonds is 4. The normalized spacial score (nSPS) is 11.4. The topological polar surface area (TPSA) is 38.3 Å². The van der Waals surface area contributed by atoms with E-state index in [-0.39, 0.29) is 5.91 Å². The Kier molecular flexibility index (Phi) is 5.22. The molecule has 0 atom stereocenters. The van der Waals surface area contributed by atoms with Crippen molar-refractivity contribution in [3.63, 3.8) is 0 Å². The molecule has 0 fully saturated rings. The van der Waals surface area contributed by atoms with E-state index >= 15 is 0 Å². The smallest absolute Gasteiger partial charge is 0.227 e. The van der Waals surface area contributed by atoms with E-state index in [0.717, 1.165) is 9.26 Å². The van der Waals surface area contributed by atoms with Gasteiger partial charge in [0.15, 0.2) is 0 Å². The van der Waals surface area contributed by atoms with Crippen LogP contribution in [0.25, 0.3) is 0 Å². The van der Waals surface area contributed by atoms with Crippen LogP contribution in [0.15, 0.2) is 18.2 Å².